The highest BCUT2D eigenvalue weighted by Gasteiger charge is 2.22. The maximum Gasteiger partial charge on any atom is 0.292 e. The summed E-state index contributed by atoms with van der Waals surface area (Å²) < 4.78 is 0. The van der Waals surface area contributed by atoms with Gasteiger partial charge in [-0.15, -0.1) is 0 Å². The number of rotatable bonds is 5. The second-order valence-corrected chi connectivity index (χ2v) is 5.28. The van der Waals surface area contributed by atoms with E-state index >= 15 is 0 Å². The van der Waals surface area contributed by atoms with E-state index in [0.717, 1.165) is 30.5 Å². The number of amides is 1. The minimum atomic E-state index is -0.448. The Balaban J connectivity index is 1.61. The van der Waals surface area contributed by atoms with Gasteiger partial charge in [0.25, 0.3) is 11.6 Å². The number of aryl methyl sites for hydroxylation is 1. The fourth-order valence-corrected chi connectivity index (χ4v) is 2.64. The first-order valence-corrected chi connectivity index (χ1v) is 7.46. The molecule has 8 nitrogen and oxygen atoms in total. The summed E-state index contributed by atoms with van der Waals surface area (Å²) in [7, 11) is 0. The molecule has 0 radical (unpaired) electrons. The number of nitrogens with one attached hydrogen (secondary N) is 2. The number of hydrogen-bond donors (Lipinski definition) is 2. The maximum absolute atomic E-state index is 12.0. The molecule has 1 amide bonds. The van der Waals surface area contributed by atoms with Gasteiger partial charge in [-0.05, 0) is 37.5 Å². The van der Waals surface area contributed by atoms with Crippen LogP contribution in [0.5, 0.6) is 0 Å². The van der Waals surface area contributed by atoms with Crippen LogP contribution in [0.4, 0.5) is 5.69 Å². The average molecular weight is 325 g/mol. The van der Waals surface area contributed by atoms with Crippen LogP contribution in [0.15, 0.2) is 35.4 Å². The predicted molar refractivity (Wildman–Crippen MR) is 88.7 cm³/mol. The molecule has 0 fully saturated rings. The van der Waals surface area contributed by atoms with Crippen LogP contribution in [0, 0.1) is 10.1 Å². The Kier molecular flexibility index (Phi) is 4.46. The van der Waals surface area contributed by atoms with Gasteiger partial charge in [0.15, 0.2) is 5.69 Å². The quantitative estimate of drug-likeness (QED) is 0.498. The van der Waals surface area contributed by atoms with E-state index in [4.69, 9.17) is 0 Å². The zero-order valence-electron chi connectivity index (χ0n) is 12.7. The van der Waals surface area contributed by atoms with Crippen LogP contribution in [-0.2, 0) is 12.8 Å². The van der Waals surface area contributed by atoms with Crippen molar-refractivity contribution in [3.63, 3.8) is 0 Å². The molecule has 1 aromatic carbocycles. The van der Waals surface area contributed by atoms with Crippen LogP contribution in [0.2, 0.25) is 0 Å². The monoisotopic (exact) mass is 325 g/mol. The summed E-state index contributed by atoms with van der Waals surface area (Å²) in [5.41, 5.74) is 5.22. The first-order valence-electron chi connectivity index (χ1n) is 7.46. The lowest BCUT2D eigenvalue weighted by molar-refractivity contribution is -0.385. The molecule has 3 rings (SSSR count). The average Bonchev–Trinajstić information content (AvgIpc) is 3.17. The van der Waals surface area contributed by atoms with Crippen molar-refractivity contribution in [1.82, 2.24) is 15.6 Å². The largest absolute Gasteiger partial charge is 0.292 e. The van der Waals surface area contributed by atoms with Crippen molar-refractivity contribution in [1.29, 1.82) is 0 Å². The Morgan fingerprint density at radius 1 is 1.38 bits per heavy atom. The molecule has 0 spiro atoms. The third-order valence-corrected chi connectivity index (χ3v) is 3.76. The van der Waals surface area contributed by atoms with Gasteiger partial charge in [-0.3, -0.25) is 20.0 Å². The molecule has 8 heteroatoms. The molecule has 122 valence electrons. The van der Waals surface area contributed by atoms with E-state index in [1.165, 1.54) is 18.4 Å². The van der Waals surface area contributed by atoms with E-state index in [9.17, 15) is 14.9 Å². The number of nitro groups is 1. The van der Waals surface area contributed by atoms with Gasteiger partial charge in [-0.2, -0.15) is 10.2 Å². The van der Waals surface area contributed by atoms with E-state index in [0.29, 0.717) is 11.3 Å². The van der Waals surface area contributed by atoms with Gasteiger partial charge in [0.05, 0.1) is 10.5 Å². The number of benzene rings is 1. The van der Waals surface area contributed by atoms with Gasteiger partial charge < -0.3 is 0 Å². The SMILES string of the molecule is O=C(N/N=C\C=C\c1ccccc1[N+](=O)[O-])c1n[nH]c2c1CCC2. The van der Waals surface area contributed by atoms with E-state index < -0.39 is 4.92 Å². The van der Waals surface area contributed by atoms with Crippen LogP contribution < -0.4 is 5.43 Å². The highest BCUT2D eigenvalue weighted by molar-refractivity contribution is 5.94. The van der Waals surface area contributed by atoms with E-state index in [1.54, 1.807) is 24.3 Å². The minimum Gasteiger partial charge on any atom is -0.281 e. The molecule has 0 saturated heterocycles. The molecule has 2 aromatic rings. The smallest absolute Gasteiger partial charge is 0.281 e. The number of hydrazone groups is 1. The number of allylic oxidation sites excluding steroid dienone is 1. The zero-order chi connectivity index (χ0) is 16.9. The zero-order valence-corrected chi connectivity index (χ0v) is 12.7. The van der Waals surface area contributed by atoms with Gasteiger partial charge in [0.2, 0.25) is 0 Å². The number of carbonyl (C=O) groups is 1. The Hall–Kier alpha value is -3.29. The van der Waals surface area contributed by atoms with Crippen molar-refractivity contribution >= 4 is 23.9 Å². The molecule has 1 aromatic heterocycles. The number of nitro benzene ring substituents is 1. The van der Waals surface area contributed by atoms with Gasteiger partial charge in [-0.1, -0.05) is 12.1 Å². The van der Waals surface area contributed by atoms with Gasteiger partial charge in [-0.25, -0.2) is 5.43 Å². The van der Waals surface area contributed by atoms with Crippen LogP contribution >= 0.6 is 0 Å². The maximum atomic E-state index is 12.0. The van der Waals surface area contributed by atoms with Crippen molar-refractivity contribution in [2.45, 2.75) is 19.3 Å². The second kappa shape index (κ2) is 6.86. The van der Waals surface area contributed by atoms with Crippen molar-refractivity contribution < 1.29 is 9.72 Å². The summed E-state index contributed by atoms with van der Waals surface area (Å²) in [4.78, 5) is 22.5. The van der Waals surface area contributed by atoms with Gasteiger partial charge in [0.1, 0.15) is 0 Å². The molecule has 0 unspecified atom stereocenters. The first kappa shape index (κ1) is 15.6. The number of aromatic amines is 1. The lowest BCUT2D eigenvalue weighted by Crippen LogP contribution is -2.19. The third-order valence-electron chi connectivity index (χ3n) is 3.76. The van der Waals surface area contributed by atoms with Crippen molar-refractivity contribution in [2.24, 2.45) is 5.10 Å². The van der Waals surface area contributed by atoms with Crippen molar-refractivity contribution in [2.75, 3.05) is 0 Å². The van der Waals surface area contributed by atoms with Crippen molar-refractivity contribution in [3.8, 4) is 0 Å². The Morgan fingerprint density at radius 3 is 3.04 bits per heavy atom. The third kappa shape index (κ3) is 3.22. The van der Waals surface area contributed by atoms with E-state index in [2.05, 4.69) is 20.7 Å². The molecule has 0 aliphatic heterocycles. The van der Waals surface area contributed by atoms with Crippen LogP contribution in [0.1, 0.15) is 33.7 Å². The number of nitrogens with zero attached hydrogens (tertiary/aromatic N) is 3. The molecule has 0 bridgehead atoms. The number of fused-ring (bicyclic) bond motifs is 1. The molecule has 0 atom stereocenters. The normalized spacial score (nSPS) is 13.5. The fraction of sp³-hybridized carbons (Fsp3) is 0.188. The summed E-state index contributed by atoms with van der Waals surface area (Å²) in [5, 5.41) is 21.6. The van der Waals surface area contributed by atoms with Crippen LogP contribution in [0.3, 0.4) is 0 Å². The summed E-state index contributed by atoms with van der Waals surface area (Å²) >= 11 is 0. The van der Waals surface area contributed by atoms with Gasteiger partial charge >= 0.3 is 0 Å². The van der Waals surface area contributed by atoms with Crippen molar-refractivity contribution in [3.05, 3.63) is 63.0 Å². The van der Waals surface area contributed by atoms with Crippen LogP contribution in [-0.4, -0.2) is 27.2 Å². The number of hydrogen-bond acceptors (Lipinski definition) is 5. The lowest BCUT2D eigenvalue weighted by atomic mass is 10.2. The Labute approximate surface area is 137 Å². The molecule has 2 N–H and O–H groups in total. The predicted octanol–water partition coefficient (Wildman–Crippen LogP) is 2.24. The Morgan fingerprint density at radius 2 is 2.21 bits per heavy atom. The Bertz CT molecular complexity index is 838. The summed E-state index contributed by atoms with van der Waals surface area (Å²) in [6.07, 6.45) is 7.22. The number of para-hydroxylation sites is 1. The van der Waals surface area contributed by atoms with Gasteiger partial charge in [0, 0.05) is 23.5 Å². The summed E-state index contributed by atoms with van der Waals surface area (Å²) in [6.45, 7) is 0. The molecule has 0 saturated carbocycles. The number of aromatic nitrogens is 2. The highest BCUT2D eigenvalue weighted by Crippen LogP contribution is 2.22. The number of carbonyl (C=O) groups excluding carboxylic acids is 1. The summed E-state index contributed by atoms with van der Waals surface area (Å²) in [6, 6.07) is 6.38. The lowest BCUT2D eigenvalue weighted by Gasteiger charge is -1.97. The molecule has 24 heavy (non-hydrogen) atoms. The fourth-order valence-electron chi connectivity index (χ4n) is 2.64. The van der Waals surface area contributed by atoms with E-state index in [1.807, 2.05) is 0 Å². The molecule has 1 aliphatic rings. The molecule has 1 heterocycles. The highest BCUT2D eigenvalue weighted by atomic mass is 16.6. The minimum absolute atomic E-state index is 0.0123. The molecular formula is C16H15N5O3. The first-order chi connectivity index (χ1) is 11.7. The standard InChI is InChI=1S/C16H15N5O3/c22-16(15-12-7-3-8-13(12)18-19-15)20-17-10-4-6-11-5-1-2-9-14(11)21(23)24/h1-2,4-6,9-10H,3,7-8H2,(H,18,19)(H,20,22)/b6-4+,17-10-. The second-order valence-electron chi connectivity index (χ2n) is 5.28. The topological polar surface area (TPSA) is 113 Å². The molecular weight excluding hydrogens is 310 g/mol. The number of H-pyrrole nitrogens is 1. The van der Waals surface area contributed by atoms with Crippen LogP contribution in [0.25, 0.3) is 6.08 Å². The summed E-state index contributed by atoms with van der Waals surface area (Å²) in [5.74, 6) is -0.371. The molecule has 1 aliphatic carbocycles. The van der Waals surface area contributed by atoms with E-state index in [-0.39, 0.29) is 11.6 Å².